The topological polar surface area (TPSA) is 75.7 Å². The number of para-hydroxylation sites is 1. The highest BCUT2D eigenvalue weighted by molar-refractivity contribution is 8.00. The van der Waals surface area contributed by atoms with E-state index >= 15 is 0 Å². The molecule has 0 spiro atoms. The summed E-state index contributed by atoms with van der Waals surface area (Å²) in [6.07, 6.45) is 0. The lowest BCUT2D eigenvalue weighted by atomic mass is 10.2. The summed E-state index contributed by atoms with van der Waals surface area (Å²) >= 11 is 1.24. The van der Waals surface area contributed by atoms with Crippen LogP contribution in [0.15, 0.2) is 83.8 Å². The predicted molar refractivity (Wildman–Crippen MR) is 127 cm³/mol. The number of nitrogens with zero attached hydrogens (tertiary/aromatic N) is 1. The number of carbonyl (C=O) groups is 3. The summed E-state index contributed by atoms with van der Waals surface area (Å²) < 4.78 is 5.24. The third-order valence-corrected chi connectivity index (χ3v) is 5.72. The maximum atomic E-state index is 12.6. The number of anilines is 2. The second kappa shape index (κ2) is 11.2. The number of nitrogens with one attached hydrogen (secondary N) is 1. The first-order valence-corrected chi connectivity index (χ1v) is 11.0. The normalized spacial score (nSPS) is 10.3. The van der Waals surface area contributed by atoms with Crippen molar-refractivity contribution in [3.05, 3.63) is 90.0 Å². The summed E-state index contributed by atoms with van der Waals surface area (Å²) in [6, 6.07) is 23.5. The minimum atomic E-state index is -0.609. The number of esters is 1. The largest absolute Gasteiger partial charge is 0.452 e. The quantitative estimate of drug-likeness (QED) is 0.404. The van der Waals surface area contributed by atoms with E-state index in [4.69, 9.17) is 4.74 Å². The minimum Gasteiger partial charge on any atom is -0.452 e. The number of likely N-dealkylation sites (N-methyl/N-ethyl adjacent to an activating group) is 1. The van der Waals surface area contributed by atoms with Gasteiger partial charge in [0.05, 0.1) is 11.3 Å². The van der Waals surface area contributed by atoms with Crippen LogP contribution in [0.25, 0.3) is 0 Å². The van der Waals surface area contributed by atoms with Gasteiger partial charge in [0.1, 0.15) is 0 Å². The Bertz CT molecular complexity index is 1080. The van der Waals surface area contributed by atoms with E-state index in [2.05, 4.69) is 5.32 Å². The molecule has 0 bridgehead atoms. The smallest absolute Gasteiger partial charge is 0.339 e. The number of hydrogen-bond donors (Lipinski definition) is 1. The minimum absolute atomic E-state index is 0.133. The van der Waals surface area contributed by atoms with Gasteiger partial charge in [0, 0.05) is 23.3 Å². The van der Waals surface area contributed by atoms with E-state index in [1.54, 1.807) is 43.4 Å². The SMILES string of the molecule is Cc1ccc(NC(=O)CSc2ccccc2C(=O)OCC(=O)N(C)c2ccccc2)cc1. The Morgan fingerprint density at radius 1 is 0.906 bits per heavy atom. The van der Waals surface area contributed by atoms with E-state index < -0.39 is 5.97 Å². The van der Waals surface area contributed by atoms with Crippen molar-refractivity contribution in [1.29, 1.82) is 0 Å². The Hall–Kier alpha value is -3.58. The van der Waals surface area contributed by atoms with Crippen molar-refractivity contribution in [2.24, 2.45) is 0 Å². The number of carbonyl (C=O) groups excluding carboxylic acids is 3. The molecule has 1 N–H and O–H groups in total. The Morgan fingerprint density at radius 2 is 1.56 bits per heavy atom. The molecule has 2 amide bonds. The summed E-state index contributed by atoms with van der Waals surface area (Å²) in [5, 5.41) is 2.83. The number of aryl methyl sites for hydroxylation is 1. The van der Waals surface area contributed by atoms with E-state index in [0.717, 1.165) is 11.3 Å². The Labute approximate surface area is 191 Å². The van der Waals surface area contributed by atoms with E-state index in [1.165, 1.54) is 16.7 Å². The predicted octanol–water partition coefficient (Wildman–Crippen LogP) is 4.55. The van der Waals surface area contributed by atoms with Gasteiger partial charge in [-0.05, 0) is 43.3 Å². The molecule has 164 valence electrons. The van der Waals surface area contributed by atoms with Crippen LogP contribution < -0.4 is 10.2 Å². The van der Waals surface area contributed by atoms with Gasteiger partial charge in [-0.15, -0.1) is 11.8 Å². The Kier molecular flexibility index (Phi) is 8.05. The second-order valence-electron chi connectivity index (χ2n) is 7.06. The second-order valence-corrected chi connectivity index (χ2v) is 8.08. The van der Waals surface area contributed by atoms with Crippen LogP contribution >= 0.6 is 11.8 Å². The molecular formula is C25H24N2O4S. The van der Waals surface area contributed by atoms with Gasteiger partial charge in [0.25, 0.3) is 5.91 Å². The maximum Gasteiger partial charge on any atom is 0.339 e. The Balaban J connectivity index is 1.55. The molecule has 0 aliphatic heterocycles. The molecule has 0 saturated heterocycles. The first-order valence-electron chi connectivity index (χ1n) is 10.0. The van der Waals surface area contributed by atoms with Crippen LogP contribution in [0.5, 0.6) is 0 Å². The molecule has 3 rings (SSSR count). The van der Waals surface area contributed by atoms with Gasteiger partial charge in [-0.2, -0.15) is 0 Å². The number of benzene rings is 3. The van der Waals surface area contributed by atoms with Crippen LogP contribution in [0.3, 0.4) is 0 Å². The van der Waals surface area contributed by atoms with Gasteiger partial charge in [-0.1, -0.05) is 48.0 Å². The third kappa shape index (κ3) is 6.46. The van der Waals surface area contributed by atoms with Crippen LogP contribution in [0.1, 0.15) is 15.9 Å². The zero-order valence-corrected chi connectivity index (χ0v) is 18.7. The molecule has 3 aromatic rings. The molecule has 0 radical (unpaired) electrons. The van der Waals surface area contributed by atoms with E-state index in [0.29, 0.717) is 16.1 Å². The molecule has 7 heteroatoms. The van der Waals surface area contributed by atoms with Gasteiger partial charge in [0.15, 0.2) is 6.61 Å². The molecular weight excluding hydrogens is 424 g/mol. The molecule has 0 atom stereocenters. The van der Waals surface area contributed by atoms with E-state index in [1.807, 2.05) is 49.4 Å². The van der Waals surface area contributed by atoms with Crippen molar-refractivity contribution in [2.45, 2.75) is 11.8 Å². The fourth-order valence-electron chi connectivity index (χ4n) is 2.84. The molecule has 0 aromatic heterocycles. The van der Waals surface area contributed by atoms with Gasteiger partial charge in [-0.25, -0.2) is 4.79 Å². The fraction of sp³-hybridized carbons (Fsp3) is 0.160. The first-order chi connectivity index (χ1) is 15.4. The molecule has 3 aromatic carbocycles. The van der Waals surface area contributed by atoms with Crippen molar-refractivity contribution >= 4 is 40.9 Å². The molecule has 6 nitrogen and oxygen atoms in total. The molecule has 32 heavy (non-hydrogen) atoms. The number of rotatable bonds is 8. The van der Waals surface area contributed by atoms with Crippen molar-refractivity contribution in [2.75, 3.05) is 29.6 Å². The van der Waals surface area contributed by atoms with Crippen molar-refractivity contribution < 1.29 is 19.1 Å². The van der Waals surface area contributed by atoms with Crippen LogP contribution in [0.4, 0.5) is 11.4 Å². The highest BCUT2D eigenvalue weighted by Gasteiger charge is 2.17. The average molecular weight is 449 g/mol. The molecule has 0 aliphatic carbocycles. The van der Waals surface area contributed by atoms with Crippen molar-refractivity contribution in [1.82, 2.24) is 0 Å². The van der Waals surface area contributed by atoms with Gasteiger partial charge >= 0.3 is 5.97 Å². The lowest BCUT2D eigenvalue weighted by molar-refractivity contribution is -0.121. The summed E-state index contributed by atoms with van der Waals surface area (Å²) in [6.45, 7) is 1.60. The number of hydrogen-bond acceptors (Lipinski definition) is 5. The summed E-state index contributed by atoms with van der Waals surface area (Å²) in [5.74, 6) is -0.996. The van der Waals surface area contributed by atoms with Crippen LogP contribution in [-0.2, 0) is 14.3 Å². The zero-order chi connectivity index (χ0) is 22.9. The summed E-state index contributed by atoms with van der Waals surface area (Å²) in [4.78, 5) is 39.3. The average Bonchev–Trinajstić information content (AvgIpc) is 2.82. The van der Waals surface area contributed by atoms with E-state index in [9.17, 15) is 14.4 Å². The van der Waals surface area contributed by atoms with Gasteiger partial charge in [0.2, 0.25) is 5.91 Å². The molecule has 0 saturated carbocycles. The zero-order valence-electron chi connectivity index (χ0n) is 17.9. The van der Waals surface area contributed by atoms with E-state index in [-0.39, 0.29) is 24.2 Å². The van der Waals surface area contributed by atoms with Gasteiger partial charge < -0.3 is 15.0 Å². The van der Waals surface area contributed by atoms with Gasteiger partial charge in [-0.3, -0.25) is 9.59 Å². The monoisotopic (exact) mass is 448 g/mol. The number of thioether (sulfide) groups is 1. The number of amides is 2. The standard InChI is InChI=1S/C25H24N2O4S/c1-18-12-14-19(15-13-18)26-23(28)17-32-22-11-7-6-10-21(22)25(30)31-16-24(29)27(2)20-8-4-3-5-9-20/h3-15H,16-17H2,1-2H3,(H,26,28). The number of ether oxygens (including phenoxy) is 1. The van der Waals surface area contributed by atoms with Crippen molar-refractivity contribution in [3.8, 4) is 0 Å². The maximum absolute atomic E-state index is 12.6. The lowest BCUT2D eigenvalue weighted by Crippen LogP contribution is -2.31. The highest BCUT2D eigenvalue weighted by atomic mass is 32.2. The first kappa shape index (κ1) is 23.1. The molecule has 0 aliphatic rings. The molecule has 0 fully saturated rings. The van der Waals surface area contributed by atoms with Crippen molar-refractivity contribution in [3.63, 3.8) is 0 Å². The van der Waals surface area contributed by atoms with Crippen LogP contribution in [0.2, 0.25) is 0 Å². The molecule has 0 unspecified atom stereocenters. The van der Waals surface area contributed by atoms with Crippen LogP contribution in [0, 0.1) is 6.92 Å². The highest BCUT2D eigenvalue weighted by Crippen LogP contribution is 2.24. The Morgan fingerprint density at radius 3 is 2.28 bits per heavy atom. The summed E-state index contributed by atoms with van der Waals surface area (Å²) in [7, 11) is 1.63. The third-order valence-electron chi connectivity index (χ3n) is 4.65. The van der Waals surface area contributed by atoms with Crippen LogP contribution in [-0.4, -0.2) is 37.2 Å². The fourth-order valence-corrected chi connectivity index (χ4v) is 3.68. The summed E-state index contributed by atoms with van der Waals surface area (Å²) in [5.41, 5.74) is 2.85. The lowest BCUT2D eigenvalue weighted by Gasteiger charge is -2.17. The molecule has 0 heterocycles.